The molecule has 1 unspecified atom stereocenters. The van der Waals surface area contributed by atoms with E-state index in [-0.39, 0.29) is 24.5 Å². The quantitative estimate of drug-likeness (QED) is 0.403. The number of hydrogen-bond acceptors (Lipinski definition) is 6. The molecule has 0 aliphatic carbocycles. The van der Waals surface area contributed by atoms with Gasteiger partial charge in [0.15, 0.2) is 5.96 Å². The van der Waals surface area contributed by atoms with Crippen molar-refractivity contribution < 1.29 is 14.3 Å². The fourth-order valence-corrected chi connectivity index (χ4v) is 2.90. The molecule has 26 heavy (non-hydrogen) atoms. The highest BCUT2D eigenvalue weighted by Gasteiger charge is 2.20. The van der Waals surface area contributed by atoms with Crippen LogP contribution in [0.3, 0.4) is 0 Å². The average molecular weight is 384 g/mol. The molecule has 0 fully saturated rings. The van der Waals surface area contributed by atoms with Crippen LogP contribution in [0, 0.1) is 6.92 Å². The number of nitrogens with one attached hydrogen (secondary N) is 2. The van der Waals surface area contributed by atoms with Gasteiger partial charge in [-0.1, -0.05) is 6.92 Å². The summed E-state index contributed by atoms with van der Waals surface area (Å²) in [6, 6.07) is -0.167. The maximum absolute atomic E-state index is 12.0. The summed E-state index contributed by atoms with van der Waals surface area (Å²) in [6.45, 7) is 8.68. The Kier molecular flexibility index (Phi) is 9.04. The van der Waals surface area contributed by atoms with Crippen LogP contribution in [0.25, 0.3) is 0 Å². The molecule has 0 aromatic carbocycles. The molecule has 0 saturated heterocycles. The number of carbonyl (C=O) groups excluding carboxylic acids is 2. The van der Waals surface area contributed by atoms with Gasteiger partial charge >= 0.3 is 5.97 Å². The summed E-state index contributed by atoms with van der Waals surface area (Å²) < 4.78 is 5.06. The predicted octanol–water partition coefficient (Wildman–Crippen LogP) is 1.72. The van der Waals surface area contributed by atoms with Gasteiger partial charge < -0.3 is 20.3 Å². The Hall–Kier alpha value is -2.16. The first-order valence-corrected chi connectivity index (χ1v) is 9.51. The third-order valence-electron chi connectivity index (χ3n) is 3.41. The lowest BCUT2D eigenvalue weighted by Gasteiger charge is -2.17. The standard InChI is InChI=1S/C17H29N5O3S/c1-7-9-18-17(19-10-13(23)22(5)6)21-12(4)15-20-11(3)14(26-15)16(24)25-8-2/h12H,7-10H2,1-6H3,(H2,18,19,21). The normalized spacial score (nSPS) is 12.5. The number of guanidine groups is 1. The van der Waals surface area contributed by atoms with Crippen LogP contribution in [-0.2, 0) is 9.53 Å². The van der Waals surface area contributed by atoms with E-state index in [1.165, 1.54) is 16.2 Å². The highest BCUT2D eigenvalue weighted by Crippen LogP contribution is 2.24. The number of aliphatic imine (C=N–C) groups is 1. The molecule has 1 heterocycles. The second kappa shape index (κ2) is 10.7. The van der Waals surface area contributed by atoms with Gasteiger partial charge in [-0.15, -0.1) is 11.3 Å². The largest absolute Gasteiger partial charge is 0.462 e. The molecule has 2 N–H and O–H groups in total. The van der Waals surface area contributed by atoms with Crippen LogP contribution in [-0.4, -0.2) is 61.5 Å². The Labute approximate surface area is 159 Å². The van der Waals surface area contributed by atoms with Crippen LogP contribution < -0.4 is 10.6 Å². The lowest BCUT2D eigenvalue weighted by Crippen LogP contribution is -2.40. The van der Waals surface area contributed by atoms with E-state index in [0.717, 1.165) is 18.0 Å². The molecular weight excluding hydrogens is 354 g/mol. The maximum atomic E-state index is 12.0. The third-order valence-corrected chi connectivity index (χ3v) is 4.73. The first kappa shape index (κ1) is 21.9. The minimum atomic E-state index is -0.351. The number of rotatable bonds is 8. The molecule has 146 valence electrons. The van der Waals surface area contributed by atoms with Gasteiger partial charge in [-0.2, -0.15) is 0 Å². The number of esters is 1. The van der Waals surface area contributed by atoms with Gasteiger partial charge in [0.05, 0.1) is 18.3 Å². The van der Waals surface area contributed by atoms with E-state index >= 15 is 0 Å². The van der Waals surface area contributed by atoms with Crippen LogP contribution in [0.1, 0.15) is 53.6 Å². The zero-order valence-electron chi connectivity index (χ0n) is 16.4. The second-order valence-corrected chi connectivity index (χ2v) is 6.96. The van der Waals surface area contributed by atoms with Crippen molar-refractivity contribution in [3.05, 3.63) is 15.6 Å². The van der Waals surface area contributed by atoms with Gasteiger partial charge in [0.1, 0.15) is 16.4 Å². The Balaban J connectivity index is 2.87. The Morgan fingerprint density at radius 1 is 1.35 bits per heavy atom. The van der Waals surface area contributed by atoms with Crippen molar-refractivity contribution in [2.75, 3.05) is 33.8 Å². The van der Waals surface area contributed by atoms with E-state index in [4.69, 9.17) is 4.74 Å². The Morgan fingerprint density at radius 2 is 2.04 bits per heavy atom. The topological polar surface area (TPSA) is 95.9 Å². The highest BCUT2D eigenvalue weighted by molar-refractivity contribution is 7.13. The molecule has 0 spiro atoms. The molecule has 1 atom stereocenters. The molecule has 1 aromatic heterocycles. The molecule has 1 amide bonds. The monoisotopic (exact) mass is 383 g/mol. The van der Waals surface area contributed by atoms with Crippen molar-refractivity contribution in [1.29, 1.82) is 0 Å². The van der Waals surface area contributed by atoms with Gasteiger partial charge in [0.25, 0.3) is 0 Å². The second-order valence-electron chi connectivity index (χ2n) is 5.93. The highest BCUT2D eigenvalue weighted by atomic mass is 32.1. The molecule has 9 heteroatoms. The van der Waals surface area contributed by atoms with Crippen LogP contribution >= 0.6 is 11.3 Å². The number of nitrogens with zero attached hydrogens (tertiary/aromatic N) is 3. The van der Waals surface area contributed by atoms with E-state index in [9.17, 15) is 9.59 Å². The maximum Gasteiger partial charge on any atom is 0.350 e. The number of carbonyl (C=O) groups is 2. The molecule has 1 aromatic rings. The van der Waals surface area contributed by atoms with Crippen molar-refractivity contribution in [2.45, 2.75) is 40.2 Å². The molecule has 0 aliphatic heterocycles. The van der Waals surface area contributed by atoms with Gasteiger partial charge in [0.2, 0.25) is 5.91 Å². The van der Waals surface area contributed by atoms with E-state index in [1.54, 1.807) is 27.9 Å². The van der Waals surface area contributed by atoms with Crippen LogP contribution in [0.4, 0.5) is 0 Å². The minimum Gasteiger partial charge on any atom is -0.462 e. The Bertz CT molecular complexity index is 642. The summed E-state index contributed by atoms with van der Waals surface area (Å²) in [4.78, 5) is 34.5. The first-order chi connectivity index (χ1) is 12.3. The average Bonchev–Trinajstić information content (AvgIpc) is 2.99. The third kappa shape index (κ3) is 6.62. The van der Waals surface area contributed by atoms with Gasteiger partial charge in [0, 0.05) is 20.6 Å². The van der Waals surface area contributed by atoms with Crippen molar-refractivity contribution >= 4 is 29.2 Å². The summed E-state index contributed by atoms with van der Waals surface area (Å²) in [6.07, 6.45) is 0.931. The van der Waals surface area contributed by atoms with Crippen molar-refractivity contribution in [3.8, 4) is 0 Å². The summed E-state index contributed by atoms with van der Waals surface area (Å²) in [7, 11) is 3.39. The van der Waals surface area contributed by atoms with Crippen LogP contribution in [0.2, 0.25) is 0 Å². The molecule has 8 nitrogen and oxygen atoms in total. The fraction of sp³-hybridized carbons (Fsp3) is 0.647. The molecule has 0 saturated carbocycles. The number of amides is 1. The van der Waals surface area contributed by atoms with Gasteiger partial charge in [-0.3, -0.25) is 4.79 Å². The fourth-order valence-electron chi connectivity index (χ4n) is 1.94. The zero-order chi connectivity index (χ0) is 19.7. The van der Waals surface area contributed by atoms with E-state index in [1.807, 2.05) is 6.92 Å². The SMILES string of the molecule is CCCNC(=NCC(=O)N(C)C)NC(C)c1nc(C)c(C(=O)OCC)s1. The van der Waals surface area contributed by atoms with Crippen LogP contribution in [0.5, 0.6) is 0 Å². The molecule has 0 aliphatic rings. The van der Waals surface area contributed by atoms with Crippen molar-refractivity contribution in [3.63, 3.8) is 0 Å². The number of aromatic nitrogens is 1. The number of aryl methyl sites for hydroxylation is 1. The smallest absolute Gasteiger partial charge is 0.350 e. The minimum absolute atomic E-state index is 0.0593. The molecular formula is C17H29N5O3S. The number of hydrogen-bond donors (Lipinski definition) is 2. The van der Waals surface area contributed by atoms with E-state index < -0.39 is 0 Å². The molecule has 1 rings (SSSR count). The predicted molar refractivity (Wildman–Crippen MR) is 104 cm³/mol. The van der Waals surface area contributed by atoms with Crippen molar-refractivity contribution in [2.24, 2.45) is 4.99 Å². The molecule has 0 radical (unpaired) electrons. The van der Waals surface area contributed by atoms with Gasteiger partial charge in [-0.25, -0.2) is 14.8 Å². The van der Waals surface area contributed by atoms with Crippen LogP contribution in [0.15, 0.2) is 4.99 Å². The number of likely N-dealkylation sites (N-methyl/N-ethyl adjacent to an activating group) is 1. The zero-order valence-corrected chi connectivity index (χ0v) is 17.2. The first-order valence-electron chi connectivity index (χ1n) is 8.69. The van der Waals surface area contributed by atoms with Gasteiger partial charge in [-0.05, 0) is 27.2 Å². The Morgan fingerprint density at radius 3 is 2.62 bits per heavy atom. The lowest BCUT2D eigenvalue weighted by molar-refractivity contribution is -0.127. The van der Waals surface area contributed by atoms with Crippen molar-refractivity contribution in [1.82, 2.24) is 20.5 Å². The number of thiazole rings is 1. The van der Waals surface area contributed by atoms with E-state index in [2.05, 4.69) is 27.5 Å². The summed E-state index contributed by atoms with van der Waals surface area (Å²) in [5.74, 6) is 0.112. The number of ether oxygens (including phenoxy) is 1. The summed E-state index contributed by atoms with van der Waals surface area (Å²) in [5, 5.41) is 7.18. The summed E-state index contributed by atoms with van der Waals surface area (Å²) >= 11 is 1.30. The van der Waals surface area contributed by atoms with E-state index in [0.29, 0.717) is 23.1 Å². The molecule has 0 bridgehead atoms. The lowest BCUT2D eigenvalue weighted by atomic mass is 10.3. The summed E-state index contributed by atoms with van der Waals surface area (Å²) in [5.41, 5.74) is 0.653.